The predicted octanol–water partition coefficient (Wildman–Crippen LogP) is 4.49. The zero-order chi connectivity index (χ0) is 19.5. The van der Waals surface area contributed by atoms with E-state index < -0.39 is 0 Å². The van der Waals surface area contributed by atoms with Gasteiger partial charge in [0.25, 0.3) is 0 Å². The van der Waals surface area contributed by atoms with Gasteiger partial charge >= 0.3 is 0 Å². The molecule has 0 spiro atoms. The van der Waals surface area contributed by atoms with Gasteiger partial charge in [-0.3, -0.25) is 14.6 Å². The first-order valence-electron chi connectivity index (χ1n) is 9.73. The van der Waals surface area contributed by atoms with Crippen molar-refractivity contribution in [2.45, 2.75) is 25.8 Å². The predicted molar refractivity (Wildman–Crippen MR) is 114 cm³/mol. The van der Waals surface area contributed by atoms with Crippen molar-refractivity contribution in [1.82, 2.24) is 9.88 Å². The number of para-hydroxylation sites is 1. The first-order chi connectivity index (χ1) is 13.7. The highest BCUT2D eigenvalue weighted by molar-refractivity contribution is 7.22. The molecule has 1 atom stereocenters. The average Bonchev–Trinajstić information content (AvgIpc) is 3.35. The summed E-state index contributed by atoms with van der Waals surface area (Å²) in [5, 5.41) is 0.783. The summed E-state index contributed by atoms with van der Waals surface area (Å²) in [5.41, 5.74) is 2.16. The minimum absolute atomic E-state index is 0.108. The Morgan fingerprint density at radius 3 is 2.93 bits per heavy atom. The van der Waals surface area contributed by atoms with E-state index in [1.54, 1.807) is 18.4 Å². The lowest BCUT2D eigenvalue weighted by molar-refractivity contribution is -0.119. The Labute approximate surface area is 169 Å². The number of nitrogens with zero attached hydrogens (tertiary/aromatic N) is 3. The second-order valence-electron chi connectivity index (χ2n) is 7.01. The summed E-state index contributed by atoms with van der Waals surface area (Å²) >= 11 is 1.58. The molecule has 2 aromatic carbocycles. The van der Waals surface area contributed by atoms with Crippen LogP contribution in [0.2, 0.25) is 0 Å². The van der Waals surface area contributed by atoms with Gasteiger partial charge in [0, 0.05) is 12.6 Å². The topological polar surface area (TPSA) is 45.7 Å². The first kappa shape index (κ1) is 18.9. The molecule has 0 aliphatic carbocycles. The molecule has 5 nitrogen and oxygen atoms in total. The van der Waals surface area contributed by atoms with Crippen LogP contribution in [-0.4, -0.2) is 42.5 Å². The van der Waals surface area contributed by atoms with E-state index in [0.29, 0.717) is 13.1 Å². The van der Waals surface area contributed by atoms with Crippen LogP contribution in [0.25, 0.3) is 10.2 Å². The van der Waals surface area contributed by atoms with E-state index in [1.807, 2.05) is 48.2 Å². The second kappa shape index (κ2) is 8.29. The van der Waals surface area contributed by atoms with Crippen molar-refractivity contribution >= 4 is 32.6 Å². The number of aromatic nitrogens is 1. The summed E-state index contributed by atoms with van der Waals surface area (Å²) in [5.74, 6) is 0.969. The molecule has 146 valence electrons. The number of anilines is 1. The number of hydrogen-bond acceptors (Lipinski definition) is 5. The molecule has 0 N–H and O–H groups in total. The number of methoxy groups -OCH3 is 1. The van der Waals surface area contributed by atoms with Gasteiger partial charge in [-0.2, -0.15) is 0 Å². The zero-order valence-corrected chi connectivity index (χ0v) is 17.1. The highest BCUT2D eigenvalue weighted by Crippen LogP contribution is 2.34. The fourth-order valence-electron chi connectivity index (χ4n) is 3.89. The molecule has 2 heterocycles. The smallest absolute Gasteiger partial charge is 0.242 e. The zero-order valence-electron chi connectivity index (χ0n) is 16.3. The minimum Gasteiger partial charge on any atom is -0.497 e. The standard InChI is InChI=1S/C22H25N3O2S/c1-3-25(22-23-18-10-4-5-12-20(18)28-22)21(26)15-24-13-7-11-19(24)16-8-6-9-17(14-16)27-2/h4-6,8-10,12,14,19H,3,7,11,13,15H2,1-2H3. The molecule has 0 radical (unpaired) electrons. The number of hydrogen-bond donors (Lipinski definition) is 0. The first-order valence-corrected chi connectivity index (χ1v) is 10.5. The lowest BCUT2D eigenvalue weighted by atomic mass is 10.0. The number of thiazole rings is 1. The van der Waals surface area contributed by atoms with Gasteiger partial charge in [0.15, 0.2) is 5.13 Å². The van der Waals surface area contributed by atoms with Crippen molar-refractivity contribution in [1.29, 1.82) is 0 Å². The number of benzene rings is 2. The largest absolute Gasteiger partial charge is 0.497 e. The Bertz CT molecular complexity index is 938. The van der Waals surface area contributed by atoms with Gasteiger partial charge in [0.2, 0.25) is 5.91 Å². The monoisotopic (exact) mass is 395 g/mol. The van der Waals surface area contributed by atoms with Crippen LogP contribution in [0.3, 0.4) is 0 Å². The quantitative estimate of drug-likeness (QED) is 0.617. The van der Waals surface area contributed by atoms with Gasteiger partial charge in [-0.15, -0.1) is 0 Å². The highest BCUT2D eigenvalue weighted by atomic mass is 32.1. The van der Waals surface area contributed by atoms with Crippen LogP contribution in [0.4, 0.5) is 5.13 Å². The summed E-state index contributed by atoms with van der Waals surface area (Å²) in [4.78, 5) is 21.9. The normalized spacial score (nSPS) is 17.1. The Morgan fingerprint density at radius 2 is 2.14 bits per heavy atom. The van der Waals surface area contributed by atoms with E-state index in [1.165, 1.54) is 5.56 Å². The molecular formula is C22H25N3O2S. The molecular weight excluding hydrogens is 370 g/mol. The number of carbonyl (C=O) groups excluding carboxylic acids is 1. The van der Waals surface area contributed by atoms with Crippen molar-refractivity contribution in [2.24, 2.45) is 0 Å². The average molecular weight is 396 g/mol. The molecule has 1 amide bonds. The maximum atomic E-state index is 13.1. The second-order valence-corrected chi connectivity index (χ2v) is 8.02. The number of fused-ring (bicyclic) bond motifs is 1. The minimum atomic E-state index is 0.108. The molecule has 1 aliphatic rings. The molecule has 1 fully saturated rings. The van der Waals surface area contributed by atoms with Gasteiger partial charge in [-0.1, -0.05) is 35.6 Å². The van der Waals surface area contributed by atoms with E-state index in [4.69, 9.17) is 4.74 Å². The molecule has 1 aliphatic heterocycles. The molecule has 4 rings (SSSR count). The van der Waals surface area contributed by atoms with Gasteiger partial charge in [0.05, 0.1) is 23.9 Å². The SMILES string of the molecule is CCN(C(=O)CN1CCCC1c1cccc(OC)c1)c1nc2ccccc2s1. The van der Waals surface area contributed by atoms with Crippen LogP contribution in [0.5, 0.6) is 5.75 Å². The van der Waals surface area contributed by atoms with Crippen molar-refractivity contribution in [3.8, 4) is 5.75 Å². The number of likely N-dealkylation sites (tertiary alicyclic amines) is 1. The summed E-state index contributed by atoms with van der Waals surface area (Å²) in [6.07, 6.45) is 2.16. The van der Waals surface area contributed by atoms with Gasteiger partial charge < -0.3 is 4.74 Å². The molecule has 1 aromatic heterocycles. The number of rotatable bonds is 6. The fraction of sp³-hybridized carbons (Fsp3) is 0.364. The van der Waals surface area contributed by atoms with Crippen LogP contribution in [0.1, 0.15) is 31.4 Å². The van der Waals surface area contributed by atoms with E-state index in [9.17, 15) is 4.79 Å². The third kappa shape index (κ3) is 3.75. The van der Waals surface area contributed by atoms with Crippen molar-refractivity contribution in [2.75, 3.05) is 31.6 Å². The van der Waals surface area contributed by atoms with Gasteiger partial charge in [-0.25, -0.2) is 4.98 Å². The molecule has 6 heteroatoms. The van der Waals surface area contributed by atoms with Crippen molar-refractivity contribution in [3.05, 3.63) is 54.1 Å². The van der Waals surface area contributed by atoms with Crippen molar-refractivity contribution in [3.63, 3.8) is 0 Å². The Morgan fingerprint density at radius 1 is 1.29 bits per heavy atom. The Kier molecular flexibility index (Phi) is 5.59. The number of likely N-dealkylation sites (N-methyl/N-ethyl adjacent to an activating group) is 1. The summed E-state index contributed by atoms with van der Waals surface area (Å²) in [6, 6.07) is 16.5. The lowest BCUT2D eigenvalue weighted by Crippen LogP contribution is -2.40. The van der Waals surface area contributed by atoms with Gasteiger partial charge in [0.1, 0.15) is 5.75 Å². The van der Waals surface area contributed by atoms with Gasteiger partial charge in [-0.05, 0) is 56.1 Å². The fourth-order valence-corrected chi connectivity index (χ4v) is 4.94. The van der Waals surface area contributed by atoms with E-state index in [-0.39, 0.29) is 11.9 Å². The molecule has 0 bridgehead atoms. The van der Waals surface area contributed by atoms with Crippen LogP contribution in [0, 0.1) is 0 Å². The number of carbonyl (C=O) groups is 1. The van der Waals surface area contributed by atoms with Crippen LogP contribution in [-0.2, 0) is 4.79 Å². The third-order valence-corrected chi connectivity index (χ3v) is 6.37. The number of amides is 1. The number of ether oxygens (including phenoxy) is 1. The Hall–Kier alpha value is -2.44. The van der Waals surface area contributed by atoms with Crippen molar-refractivity contribution < 1.29 is 9.53 Å². The van der Waals surface area contributed by atoms with Crippen LogP contribution in [0.15, 0.2) is 48.5 Å². The maximum Gasteiger partial charge on any atom is 0.242 e. The summed E-state index contributed by atoms with van der Waals surface area (Å²) < 4.78 is 6.48. The van der Waals surface area contributed by atoms with E-state index in [2.05, 4.69) is 22.0 Å². The third-order valence-electron chi connectivity index (χ3n) is 5.31. The molecule has 1 unspecified atom stereocenters. The summed E-state index contributed by atoms with van der Waals surface area (Å²) in [7, 11) is 1.69. The van der Waals surface area contributed by atoms with Crippen LogP contribution >= 0.6 is 11.3 Å². The molecule has 3 aromatic rings. The summed E-state index contributed by atoms with van der Waals surface area (Å²) in [6.45, 7) is 3.97. The molecule has 28 heavy (non-hydrogen) atoms. The van der Waals surface area contributed by atoms with E-state index in [0.717, 1.165) is 40.5 Å². The lowest BCUT2D eigenvalue weighted by Gasteiger charge is -2.27. The molecule has 1 saturated heterocycles. The Balaban J connectivity index is 1.52. The maximum absolute atomic E-state index is 13.1. The van der Waals surface area contributed by atoms with E-state index >= 15 is 0 Å². The highest BCUT2D eigenvalue weighted by Gasteiger charge is 2.30. The van der Waals surface area contributed by atoms with Crippen LogP contribution < -0.4 is 9.64 Å². The molecule has 0 saturated carbocycles.